The van der Waals surface area contributed by atoms with Crippen molar-refractivity contribution in [2.45, 2.75) is 6.54 Å². The van der Waals surface area contributed by atoms with Crippen LogP contribution in [0, 0.1) is 0 Å². The van der Waals surface area contributed by atoms with Gasteiger partial charge in [0.05, 0.1) is 6.33 Å². The lowest BCUT2D eigenvalue weighted by Gasteiger charge is -2.01. The number of imidazole rings is 1. The molecular weight excluding hydrogens is 298 g/mol. The largest absolute Gasteiger partial charge is 0.335 e. The third-order valence-corrected chi connectivity index (χ3v) is 2.69. The maximum Gasteiger partial charge on any atom is 0.276 e. The van der Waals surface area contributed by atoms with Crippen LogP contribution in [0.1, 0.15) is 10.5 Å². The van der Waals surface area contributed by atoms with E-state index in [9.17, 15) is 4.79 Å². The van der Waals surface area contributed by atoms with Crippen LogP contribution in [0.2, 0.25) is 0 Å². The molecule has 0 aliphatic carbocycles. The number of aromatic nitrogens is 3. The van der Waals surface area contributed by atoms with Gasteiger partial charge in [-0.15, -0.1) is 0 Å². The summed E-state index contributed by atoms with van der Waals surface area (Å²) < 4.78 is 2.62. The zero-order valence-corrected chi connectivity index (χ0v) is 11.1. The van der Waals surface area contributed by atoms with Gasteiger partial charge in [0, 0.05) is 30.0 Å². The van der Waals surface area contributed by atoms with Crippen molar-refractivity contribution >= 4 is 27.7 Å². The van der Waals surface area contributed by atoms with Crippen LogP contribution < -0.4 is 11.1 Å². The Hall–Kier alpha value is -1.73. The minimum absolute atomic E-state index is 0.291. The molecule has 2 aromatic rings. The van der Waals surface area contributed by atoms with Crippen molar-refractivity contribution in [1.82, 2.24) is 14.5 Å². The number of amides is 1. The summed E-state index contributed by atoms with van der Waals surface area (Å²) in [4.78, 5) is 19.9. The molecule has 6 nitrogen and oxygen atoms in total. The first-order valence-electron chi connectivity index (χ1n) is 5.34. The van der Waals surface area contributed by atoms with Crippen molar-refractivity contribution in [2.24, 2.45) is 5.73 Å². The van der Waals surface area contributed by atoms with Crippen LogP contribution in [0.25, 0.3) is 0 Å². The van der Waals surface area contributed by atoms with E-state index in [1.807, 2.05) is 0 Å². The van der Waals surface area contributed by atoms with E-state index in [0.29, 0.717) is 24.6 Å². The van der Waals surface area contributed by atoms with E-state index in [1.54, 1.807) is 35.4 Å². The van der Waals surface area contributed by atoms with Gasteiger partial charge in [-0.1, -0.05) is 0 Å². The van der Waals surface area contributed by atoms with Gasteiger partial charge in [-0.3, -0.25) is 4.79 Å². The van der Waals surface area contributed by atoms with Gasteiger partial charge in [-0.05, 0) is 28.1 Å². The molecule has 2 heterocycles. The average molecular weight is 310 g/mol. The predicted molar refractivity (Wildman–Crippen MR) is 71.2 cm³/mol. The van der Waals surface area contributed by atoms with Crippen LogP contribution in [0.15, 0.2) is 35.3 Å². The number of anilines is 1. The van der Waals surface area contributed by atoms with Gasteiger partial charge in [0.25, 0.3) is 5.91 Å². The first-order valence-corrected chi connectivity index (χ1v) is 6.13. The van der Waals surface area contributed by atoms with Gasteiger partial charge in [0.2, 0.25) is 0 Å². The quantitative estimate of drug-likeness (QED) is 0.890. The number of carbonyl (C=O) groups excluding carboxylic acids is 1. The van der Waals surface area contributed by atoms with Crippen molar-refractivity contribution in [3.63, 3.8) is 0 Å². The maximum atomic E-state index is 11.8. The minimum atomic E-state index is -0.291. The van der Waals surface area contributed by atoms with Gasteiger partial charge >= 0.3 is 0 Å². The lowest BCUT2D eigenvalue weighted by atomic mass is 10.4. The number of halogens is 1. The van der Waals surface area contributed by atoms with Gasteiger partial charge in [-0.2, -0.15) is 0 Å². The molecule has 0 atom stereocenters. The normalized spacial score (nSPS) is 10.3. The second kappa shape index (κ2) is 5.74. The number of rotatable bonds is 4. The molecule has 0 aliphatic rings. The van der Waals surface area contributed by atoms with E-state index in [4.69, 9.17) is 5.73 Å². The summed E-state index contributed by atoms with van der Waals surface area (Å²) in [7, 11) is 0. The summed E-state index contributed by atoms with van der Waals surface area (Å²) in [5.74, 6) is 0.192. The molecule has 0 fully saturated rings. The van der Waals surface area contributed by atoms with Gasteiger partial charge in [-0.25, -0.2) is 9.97 Å². The number of pyridine rings is 1. The van der Waals surface area contributed by atoms with Gasteiger partial charge in [0.15, 0.2) is 0 Å². The summed E-state index contributed by atoms with van der Waals surface area (Å²) in [6.45, 7) is 1.14. The van der Waals surface area contributed by atoms with Gasteiger partial charge in [0.1, 0.15) is 11.5 Å². The number of nitrogens with two attached hydrogens (primary N) is 1. The third-order valence-electron chi connectivity index (χ3n) is 2.22. The Morgan fingerprint density at radius 1 is 1.44 bits per heavy atom. The first-order chi connectivity index (χ1) is 8.69. The van der Waals surface area contributed by atoms with Crippen molar-refractivity contribution in [3.8, 4) is 0 Å². The van der Waals surface area contributed by atoms with Crippen LogP contribution in [-0.2, 0) is 6.54 Å². The van der Waals surface area contributed by atoms with E-state index < -0.39 is 0 Å². The summed E-state index contributed by atoms with van der Waals surface area (Å²) in [6, 6.07) is 3.51. The lowest BCUT2D eigenvalue weighted by Crippen LogP contribution is -2.13. The molecule has 0 aromatic carbocycles. The average Bonchev–Trinajstić information content (AvgIpc) is 2.81. The van der Waals surface area contributed by atoms with E-state index in [0.717, 1.165) is 4.47 Å². The molecule has 0 unspecified atom stereocenters. The second-order valence-corrected chi connectivity index (χ2v) is 4.52. The fourth-order valence-electron chi connectivity index (χ4n) is 1.38. The third kappa shape index (κ3) is 3.14. The van der Waals surface area contributed by atoms with Crippen molar-refractivity contribution < 1.29 is 4.79 Å². The molecule has 0 aliphatic heterocycles. The summed E-state index contributed by atoms with van der Waals surface area (Å²) >= 11 is 3.27. The fourth-order valence-corrected chi connectivity index (χ4v) is 1.61. The van der Waals surface area contributed by atoms with Crippen LogP contribution in [0.5, 0.6) is 0 Å². The molecule has 18 heavy (non-hydrogen) atoms. The number of hydrogen-bond donors (Lipinski definition) is 2. The molecule has 1 amide bonds. The minimum Gasteiger partial charge on any atom is -0.335 e. The summed E-state index contributed by atoms with van der Waals surface area (Å²) in [5.41, 5.74) is 5.76. The number of nitrogens with zero attached hydrogens (tertiary/aromatic N) is 3. The molecule has 0 radical (unpaired) electrons. The van der Waals surface area contributed by atoms with E-state index in [2.05, 4.69) is 31.2 Å². The number of carbonyl (C=O) groups is 1. The predicted octanol–water partition coefficient (Wildman–Crippen LogP) is 1.25. The maximum absolute atomic E-state index is 11.8. The highest BCUT2D eigenvalue weighted by molar-refractivity contribution is 9.10. The highest BCUT2D eigenvalue weighted by Gasteiger charge is 2.09. The molecule has 0 spiro atoms. The van der Waals surface area contributed by atoms with Crippen LogP contribution in [-0.4, -0.2) is 27.0 Å². The number of nitrogens with one attached hydrogen (secondary N) is 1. The Morgan fingerprint density at radius 3 is 2.94 bits per heavy atom. The zero-order valence-electron chi connectivity index (χ0n) is 9.51. The fraction of sp³-hybridized carbons (Fsp3) is 0.182. The molecule has 0 saturated carbocycles. The number of hydrogen-bond acceptors (Lipinski definition) is 4. The highest BCUT2D eigenvalue weighted by atomic mass is 79.9. The van der Waals surface area contributed by atoms with E-state index in [-0.39, 0.29) is 5.91 Å². The first kappa shape index (κ1) is 12.7. The molecule has 2 rings (SSSR count). The summed E-state index contributed by atoms with van der Waals surface area (Å²) in [6.07, 6.45) is 4.85. The lowest BCUT2D eigenvalue weighted by molar-refractivity contribution is 0.102. The van der Waals surface area contributed by atoms with E-state index >= 15 is 0 Å². The molecular formula is C11H12BrN5O. The van der Waals surface area contributed by atoms with Gasteiger partial charge < -0.3 is 15.6 Å². The zero-order chi connectivity index (χ0) is 13.0. The summed E-state index contributed by atoms with van der Waals surface area (Å²) in [5, 5.41) is 2.66. The second-order valence-electron chi connectivity index (χ2n) is 3.60. The highest BCUT2D eigenvalue weighted by Crippen LogP contribution is 2.11. The van der Waals surface area contributed by atoms with E-state index in [1.165, 1.54) is 0 Å². The monoisotopic (exact) mass is 309 g/mol. The molecule has 3 N–H and O–H groups in total. The molecule has 0 saturated heterocycles. The van der Waals surface area contributed by atoms with Crippen LogP contribution >= 0.6 is 15.9 Å². The molecule has 94 valence electrons. The Bertz CT molecular complexity index is 537. The Morgan fingerprint density at radius 2 is 2.28 bits per heavy atom. The SMILES string of the molecule is NCCn1cnc(C(=O)Nc2ccc(Br)cn2)c1. The standard InChI is InChI=1S/C11H12BrN5O/c12-8-1-2-10(14-5-8)16-11(18)9-6-17(4-3-13)7-15-9/h1-2,5-7H,3-4,13H2,(H,14,16,18). The topological polar surface area (TPSA) is 85.8 Å². The van der Waals surface area contributed by atoms with Crippen LogP contribution in [0.4, 0.5) is 5.82 Å². The molecule has 7 heteroatoms. The molecule has 0 bridgehead atoms. The smallest absolute Gasteiger partial charge is 0.276 e. The van der Waals surface area contributed by atoms with Crippen molar-refractivity contribution in [2.75, 3.05) is 11.9 Å². The Labute approximate surface area is 112 Å². The van der Waals surface area contributed by atoms with Crippen molar-refractivity contribution in [3.05, 3.63) is 41.0 Å². The van der Waals surface area contributed by atoms with Crippen LogP contribution in [0.3, 0.4) is 0 Å². The Kier molecular flexibility index (Phi) is 4.06. The Balaban J connectivity index is 2.04. The van der Waals surface area contributed by atoms with Crippen molar-refractivity contribution in [1.29, 1.82) is 0 Å². The molecule has 2 aromatic heterocycles.